The smallest absolute Gasteiger partial charge is 0.252 e. The highest BCUT2D eigenvalue weighted by Gasteiger charge is 2.18. The topological polar surface area (TPSA) is 64.3 Å². The maximum absolute atomic E-state index is 11.8. The van der Waals surface area contributed by atoms with Crippen LogP contribution in [-0.4, -0.2) is 25.2 Å². The van der Waals surface area contributed by atoms with Crippen molar-refractivity contribution in [1.82, 2.24) is 5.32 Å². The van der Waals surface area contributed by atoms with Crippen LogP contribution in [0.25, 0.3) is 0 Å². The number of ether oxygens (including phenoxy) is 1. The van der Waals surface area contributed by atoms with Crippen LogP contribution >= 0.6 is 24.0 Å². The number of hydrogen-bond acceptors (Lipinski definition) is 3. The van der Waals surface area contributed by atoms with Crippen molar-refractivity contribution in [2.24, 2.45) is 0 Å². The van der Waals surface area contributed by atoms with E-state index in [9.17, 15) is 4.79 Å². The molecule has 18 heavy (non-hydrogen) atoms. The SMILES string of the molecule is COC(C)(C)CNC(=O)c1ccc(N)cc1Cl.Cl. The fraction of sp³-hybridized carbons (Fsp3) is 0.417. The summed E-state index contributed by atoms with van der Waals surface area (Å²) in [6.45, 7) is 4.18. The zero-order chi connectivity index (χ0) is 13.1. The molecule has 1 aromatic carbocycles. The molecule has 0 aliphatic rings. The molecule has 0 fully saturated rings. The Morgan fingerprint density at radius 2 is 2.11 bits per heavy atom. The number of methoxy groups -OCH3 is 1. The third kappa shape index (κ3) is 4.72. The van der Waals surface area contributed by atoms with Crippen molar-refractivity contribution in [3.63, 3.8) is 0 Å². The zero-order valence-electron chi connectivity index (χ0n) is 10.6. The maximum Gasteiger partial charge on any atom is 0.252 e. The Bertz CT molecular complexity index is 423. The number of nitrogen functional groups attached to an aromatic ring is 1. The van der Waals surface area contributed by atoms with Crippen molar-refractivity contribution in [1.29, 1.82) is 0 Å². The van der Waals surface area contributed by atoms with Crippen molar-refractivity contribution in [2.45, 2.75) is 19.4 Å². The first-order valence-corrected chi connectivity index (χ1v) is 5.62. The molecule has 1 aromatic rings. The highest BCUT2D eigenvalue weighted by molar-refractivity contribution is 6.34. The molecule has 0 aromatic heterocycles. The molecule has 0 saturated heterocycles. The van der Waals surface area contributed by atoms with Crippen LogP contribution in [0, 0.1) is 0 Å². The molecule has 0 bridgehead atoms. The largest absolute Gasteiger partial charge is 0.399 e. The second kappa shape index (κ2) is 6.83. The first kappa shape index (κ1) is 17.0. The minimum absolute atomic E-state index is 0. The number of amides is 1. The lowest BCUT2D eigenvalue weighted by atomic mass is 10.1. The number of nitrogens with one attached hydrogen (secondary N) is 1. The Hall–Kier alpha value is -0.970. The van der Waals surface area contributed by atoms with Crippen LogP contribution in [0.1, 0.15) is 24.2 Å². The van der Waals surface area contributed by atoms with Gasteiger partial charge in [0, 0.05) is 19.3 Å². The molecule has 0 spiro atoms. The number of benzene rings is 1. The number of carbonyl (C=O) groups excluding carboxylic acids is 1. The quantitative estimate of drug-likeness (QED) is 0.838. The number of carbonyl (C=O) groups is 1. The monoisotopic (exact) mass is 292 g/mol. The third-order valence-electron chi connectivity index (χ3n) is 2.47. The number of anilines is 1. The summed E-state index contributed by atoms with van der Waals surface area (Å²) in [4.78, 5) is 11.8. The first-order valence-electron chi connectivity index (χ1n) is 5.24. The van der Waals surface area contributed by atoms with Crippen molar-refractivity contribution < 1.29 is 9.53 Å². The van der Waals surface area contributed by atoms with Gasteiger partial charge < -0.3 is 15.8 Å². The van der Waals surface area contributed by atoms with E-state index < -0.39 is 5.60 Å². The van der Waals surface area contributed by atoms with Gasteiger partial charge in [0.1, 0.15) is 0 Å². The van der Waals surface area contributed by atoms with Gasteiger partial charge in [-0.1, -0.05) is 11.6 Å². The molecule has 102 valence electrons. The first-order chi connectivity index (χ1) is 7.85. The van der Waals surface area contributed by atoms with Crippen LogP contribution < -0.4 is 11.1 Å². The van der Waals surface area contributed by atoms with Crippen molar-refractivity contribution >= 4 is 35.6 Å². The molecule has 0 aliphatic carbocycles. The molecule has 0 heterocycles. The van der Waals surface area contributed by atoms with Crippen LogP contribution in [0.2, 0.25) is 5.02 Å². The zero-order valence-corrected chi connectivity index (χ0v) is 12.2. The molecule has 1 rings (SSSR count). The molecule has 3 N–H and O–H groups in total. The lowest BCUT2D eigenvalue weighted by Crippen LogP contribution is -2.39. The van der Waals surface area contributed by atoms with E-state index in [4.69, 9.17) is 22.1 Å². The van der Waals surface area contributed by atoms with E-state index in [1.165, 1.54) is 0 Å². The van der Waals surface area contributed by atoms with Crippen molar-refractivity contribution in [3.8, 4) is 0 Å². The van der Waals surface area contributed by atoms with E-state index in [-0.39, 0.29) is 18.3 Å². The summed E-state index contributed by atoms with van der Waals surface area (Å²) >= 11 is 5.94. The second-order valence-electron chi connectivity index (χ2n) is 4.39. The van der Waals surface area contributed by atoms with Gasteiger partial charge in [-0.3, -0.25) is 4.79 Å². The van der Waals surface area contributed by atoms with Gasteiger partial charge in [-0.15, -0.1) is 12.4 Å². The van der Waals surface area contributed by atoms with Gasteiger partial charge in [0.25, 0.3) is 5.91 Å². The molecule has 0 atom stereocenters. The average Bonchev–Trinajstić information content (AvgIpc) is 2.26. The summed E-state index contributed by atoms with van der Waals surface area (Å²) in [7, 11) is 1.60. The predicted octanol–water partition coefficient (Wildman–Crippen LogP) is 2.50. The van der Waals surface area contributed by atoms with Gasteiger partial charge in [0.05, 0.1) is 16.2 Å². The van der Waals surface area contributed by atoms with E-state index >= 15 is 0 Å². The standard InChI is InChI=1S/C12H17ClN2O2.ClH/c1-12(2,17-3)7-15-11(16)9-5-4-8(14)6-10(9)13;/h4-6H,7,14H2,1-3H3,(H,15,16);1H. The summed E-state index contributed by atoms with van der Waals surface area (Å²) in [5.41, 5.74) is 6.09. The number of hydrogen-bond donors (Lipinski definition) is 2. The van der Waals surface area contributed by atoms with Crippen LogP contribution in [0.4, 0.5) is 5.69 Å². The summed E-state index contributed by atoms with van der Waals surface area (Å²) in [5, 5.41) is 3.11. The molecular formula is C12H18Cl2N2O2. The molecule has 6 heteroatoms. The Kier molecular flexibility index (Phi) is 6.46. The predicted molar refractivity (Wildman–Crippen MR) is 76.5 cm³/mol. The second-order valence-corrected chi connectivity index (χ2v) is 4.79. The van der Waals surface area contributed by atoms with Gasteiger partial charge in [-0.05, 0) is 32.0 Å². The molecule has 1 amide bonds. The van der Waals surface area contributed by atoms with Crippen LogP contribution in [0.15, 0.2) is 18.2 Å². The van der Waals surface area contributed by atoms with Crippen LogP contribution in [-0.2, 0) is 4.74 Å². The van der Waals surface area contributed by atoms with Crippen molar-refractivity contribution in [2.75, 3.05) is 19.4 Å². The molecule has 4 nitrogen and oxygen atoms in total. The van der Waals surface area contributed by atoms with Crippen molar-refractivity contribution in [3.05, 3.63) is 28.8 Å². The lowest BCUT2D eigenvalue weighted by Gasteiger charge is -2.23. The lowest BCUT2D eigenvalue weighted by molar-refractivity contribution is 0.0229. The Morgan fingerprint density at radius 3 is 2.61 bits per heavy atom. The van der Waals surface area contributed by atoms with E-state index in [1.54, 1.807) is 25.3 Å². The fourth-order valence-corrected chi connectivity index (χ4v) is 1.45. The van der Waals surface area contributed by atoms with Gasteiger partial charge in [-0.2, -0.15) is 0 Å². The fourth-order valence-electron chi connectivity index (χ4n) is 1.18. The molecule has 0 radical (unpaired) electrons. The van der Waals surface area contributed by atoms with E-state index in [0.29, 0.717) is 22.8 Å². The molecule has 0 unspecified atom stereocenters. The number of rotatable bonds is 4. The molecule has 0 aliphatic heterocycles. The van der Waals surface area contributed by atoms with Crippen LogP contribution in [0.3, 0.4) is 0 Å². The highest BCUT2D eigenvalue weighted by atomic mass is 35.5. The minimum atomic E-state index is -0.407. The number of nitrogens with two attached hydrogens (primary N) is 1. The average molecular weight is 293 g/mol. The Labute approximate surface area is 118 Å². The van der Waals surface area contributed by atoms with E-state index in [1.807, 2.05) is 13.8 Å². The summed E-state index contributed by atoms with van der Waals surface area (Å²) < 4.78 is 5.21. The maximum atomic E-state index is 11.8. The number of halogens is 2. The summed E-state index contributed by atoms with van der Waals surface area (Å²) in [6.07, 6.45) is 0. The summed E-state index contributed by atoms with van der Waals surface area (Å²) in [5.74, 6) is -0.236. The third-order valence-corrected chi connectivity index (χ3v) is 2.78. The highest BCUT2D eigenvalue weighted by Crippen LogP contribution is 2.19. The van der Waals surface area contributed by atoms with Gasteiger partial charge in [0.15, 0.2) is 0 Å². The van der Waals surface area contributed by atoms with Crippen LogP contribution in [0.5, 0.6) is 0 Å². The van der Waals surface area contributed by atoms with Gasteiger partial charge >= 0.3 is 0 Å². The molecule has 0 saturated carbocycles. The van der Waals surface area contributed by atoms with E-state index in [2.05, 4.69) is 5.32 Å². The Balaban J connectivity index is 0.00000289. The minimum Gasteiger partial charge on any atom is -0.399 e. The van der Waals surface area contributed by atoms with Gasteiger partial charge in [0.2, 0.25) is 0 Å². The Morgan fingerprint density at radius 1 is 1.50 bits per heavy atom. The normalized spacial score (nSPS) is 10.7. The van der Waals surface area contributed by atoms with E-state index in [0.717, 1.165) is 0 Å². The summed E-state index contributed by atoms with van der Waals surface area (Å²) in [6, 6.07) is 4.80. The van der Waals surface area contributed by atoms with Gasteiger partial charge in [-0.25, -0.2) is 0 Å². The molecular weight excluding hydrogens is 275 g/mol.